The zero-order valence-corrected chi connectivity index (χ0v) is 8.67. The van der Waals surface area contributed by atoms with Crippen molar-refractivity contribution < 1.29 is 0 Å². The molecule has 2 bridgehead atoms. The molecule has 1 aromatic rings. The monoisotopic (exact) mass is 208 g/mol. The first-order chi connectivity index (χ1) is 6.83. The van der Waals surface area contributed by atoms with Gasteiger partial charge in [-0.1, -0.05) is 17.7 Å². The fourth-order valence-corrected chi connectivity index (χ4v) is 2.91. The number of pyridine rings is 1. The topological polar surface area (TPSA) is 24.9 Å². The smallest absolute Gasteiger partial charge is 0.129 e. The molecule has 2 nitrogen and oxygen atoms in total. The maximum atomic E-state index is 5.77. The van der Waals surface area contributed by atoms with Crippen molar-refractivity contribution in [2.45, 2.75) is 37.3 Å². The van der Waals surface area contributed by atoms with Crippen molar-refractivity contribution in [1.29, 1.82) is 0 Å². The van der Waals surface area contributed by atoms with Gasteiger partial charge < -0.3 is 5.32 Å². The van der Waals surface area contributed by atoms with E-state index < -0.39 is 0 Å². The summed E-state index contributed by atoms with van der Waals surface area (Å²) in [5.74, 6) is 0.665. The quantitative estimate of drug-likeness (QED) is 0.717. The van der Waals surface area contributed by atoms with Crippen LogP contribution >= 0.6 is 11.6 Å². The maximum Gasteiger partial charge on any atom is 0.129 e. The number of hydrogen-bond donors (Lipinski definition) is 1. The van der Waals surface area contributed by atoms with Crippen molar-refractivity contribution in [3.8, 4) is 0 Å². The Morgan fingerprint density at radius 2 is 2.29 bits per heavy atom. The Morgan fingerprint density at radius 1 is 1.36 bits per heavy atom. The average Bonchev–Trinajstić information content (AvgIpc) is 2.80. The predicted molar refractivity (Wildman–Crippen MR) is 56.6 cm³/mol. The highest BCUT2D eigenvalue weighted by atomic mass is 35.5. The molecule has 0 amide bonds. The third-order valence-electron chi connectivity index (χ3n) is 3.48. The molecule has 74 valence electrons. The summed E-state index contributed by atoms with van der Waals surface area (Å²) in [4.78, 5) is 4.14. The molecular weight excluding hydrogens is 196 g/mol. The molecule has 3 heteroatoms. The van der Waals surface area contributed by atoms with Crippen LogP contribution in [0.25, 0.3) is 0 Å². The van der Waals surface area contributed by atoms with Gasteiger partial charge in [0, 0.05) is 24.2 Å². The molecule has 1 N–H and O–H groups in total. The summed E-state index contributed by atoms with van der Waals surface area (Å²) in [5.41, 5.74) is 1.34. The zero-order chi connectivity index (χ0) is 9.54. The normalized spacial score (nSPS) is 35.1. The van der Waals surface area contributed by atoms with Gasteiger partial charge in [0.25, 0.3) is 0 Å². The summed E-state index contributed by atoms with van der Waals surface area (Å²) in [6.45, 7) is 0. The van der Waals surface area contributed by atoms with Gasteiger partial charge in [-0.15, -0.1) is 0 Å². The van der Waals surface area contributed by atoms with Gasteiger partial charge in [-0.25, -0.2) is 4.98 Å². The lowest BCUT2D eigenvalue weighted by molar-refractivity contribution is 0.505. The summed E-state index contributed by atoms with van der Waals surface area (Å²) < 4.78 is 0. The summed E-state index contributed by atoms with van der Waals surface area (Å²) >= 11 is 5.77. The Hall–Kier alpha value is -0.600. The summed E-state index contributed by atoms with van der Waals surface area (Å²) in [7, 11) is 0. The Kier molecular flexibility index (Phi) is 1.99. The number of hydrogen-bond acceptors (Lipinski definition) is 2. The minimum absolute atomic E-state index is 0.588. The molecule has 0 unspecified atom stereocenters. The third-order valence-corrected chi connectivity index (χ3v) is 3.70. The number of fused-ring (bicyclic) bond motifs is 2. The molecule has 3 heterocycles. The second-order valence-electron chi connectivity index (χ2n) is 4.30. The van der Waals surface area contributed by atoms with Crippen molar-refractivity contribution in [2.24, 2.45) is 0 Å². The van der Waals surface area contributed by atoms with Gasteiger partial charge in [-0.3, -0.25) is 0 Å². The predicted octanol–water partition coefficient (Wildman–Crippen LogP) is 2.34. The largest absolute Gasteiger partial charge is 0.311 e. The lowest BCUT2D eigenvalue weighted by Gasteiger charge is -2.19. The second kappa shape index (κ2) is 3.21. The number of nitrogens with one attached hydrogen (secondary N) is 1. The van der Waals surface area contributed by atoms with Gasteiger partial charge in [0.15, 0.2) is 0 Å². The Morgan fingerprint density at radius 3 is 2.86 bits per heavy atom. The van der Waals surface area contributed by atoms with E-state index in [0.717, 1.165) is 6.04 Å². The van der Waals surface area contributed by atoms with E-state index in [1.807, 2.05) is 12.3 Å². The first kappa shape index (κ1) is 8.69. The van der Waals surface area contributed by atoms with Crippen LogP contribution in [0.2, 0.25) is 5.15 Å². The van der Waals surface area contributed by atoms with Crippen LogP contribution in [0.1, 0.15) is 30.7 Å². The molecular formula is C11H13ClN2. The Balaban J connectivity index is 1.86. The first-order valence-corrected chi connectivity index (χ1v) is 5.58. The van der Waals surface area contributed by atoms with Crippen LogP contribution in [0.4, 0.5) is 0 Å². The van der Waals surface area contributed by atoms with Crippen LogP contribution < -0.4 is 5.32 Å². The second-order valence-corrected chi connectivity index (χ2v) is 4.69. The van der Waals surface area contributed by atoms with Gasteiger partial charge in [-0.05, 0) is 30.9 Å². The van der Waals surface area contributed by atoms with E-state index in [1.165, 1.54) is 24.8 Å². The van der Waals surface area contributed by atoms with Gasteiger partial charge in [0.05, 0.1) is 0 Å². The molecule has 3 atom stereocenters. The average molecular weight is 209 g/mol. The highest BCUT2D eigenvalue weighted by Crippen LogP contribution is 2.39. The standard InChI is InChI=1S/C11H13ClN2/c12-11-4-1-7(6-13-11)9-5-8-2-3-10(9)14-8/h1,4,6,8-10,14H,2-3,5H2/t8-,9-,10-/m0/s1. The minimum Gasteiger partial charge on any atom is -0.311 e. The van der Waals surface area contributed by atoms with E-state index in [0.29, 0.717) is 17.1 Å². The van der Waals surface area contributed by atoms with Crippen molar-refractivity contribution in [3.63, 3.8) is 0 Å². The van der Waals surface area contributed by atoms with Crippen molar-refractivity contribution in [2.75, 3.05) is 0 Å². The maximum absolute atomic E-state index is 5.77. The number of nitrogens with zero attached hydrogens (tertiary/aromatic N) is 1. The Bertz CT molecular complexity index is 336. The molecule has 2 saturated heterocycles. The van der Waals surface area contributed by atoms with E-state index >= 15 is 0 Å². The molecule has 0 aromatic carbocycles. The van der Waals surface area contributed by atoms with Gasteiger partial charge in [0.2, 0.25) is 0 Å². The lowest BCUT2D eigenvalue weighted by Crippen LogP contribution is -2.21. The van der Waals surface area contributed by atoms with Gasteiger partial charge >= 0.3 is 0 Å². The van der Waals surface area contributed by atoms with Crippen molar-refractivity contribution in [1.82, 2.24) is 10.3 Å². The van der Waals surface area contributed by atoms with E-state index in [1.54, 1.807) is 0 Å². The van der Waals surface area contributed by atoms with Crippen molar-refractivity contribution >= 4 is 11.6 Å². The molecule has 14 heavy (non-hydrogen) atoms. The van der Waals surface area contributed by atoms with Crippen molar-refractivity contribution in [3.05, 3.63) is 29.0 Å². The van der Waals surface area contributed by atoms with Gasteiger partial charge in [-0.2, -0.15) is 0 Å². The van der Waals surface area contributed by atoms with Crippen LogP contribution in [0.15, 0.2) is 18.3 Å². The van der Waals surface area contributed by atoms with Crippen LogP contribution in [0.3, 0.4) is 0 Å². The summed E-state index contributed by atoms with van der Waals surface area (Å²) in [5, 5.41) is 4.22. The lowest BCUT2D eigenvalue weighted by atomic mass is 9.85. The zero-order valence-electron chi connectivity index (χ0n) is 7.91. The molecule has 0 aliphatic carbocycles. The van der Waals surface area contributed by atoms with Crippen LogP contribution in [0, 0.1) is 0 Å². The molecule has 0 radical (unpaired) electrons. The Labute approximate surface area is 88.7 Å². The highest BCUT2D eigenvalue weighted by molar-refractivity contribution is 6.29. The van der Waals surface area contributed by atoms with E-state index in [-0.39, 0.29) is 0 Å². The van der Waals surface area contributed by atoms with E-state index in [4.69, 9.17) is 11.6 Å². The molecule has 0 spiro atoms. The highest BCUT2D eigenvalue weighted by Gasteiger charge is 2.39. The first-order valence-electron chi connectivity index (χ1n) is 5.20. The minimum atomic E-state index is 0.588. The molecule has 2 aliphatic heterocycles. The molecule has 2 aliphatic rings. The number of rotatable bonds is 1. The van der Waals surface area contributed by atoms with E-state index in [2.05, 4.69) is 16.4 Å². The summed E-state index contributed by atoms with van der Waals surface area (Å²) in [6.07, 6.45) is 5.86. The number of aromatic nitrogens is 1. The molecule has 1 aromatic heterocycles. The van der Waals surface area contributed by atoms with E-state index in [9.17, 15) is 0 Å². The number of halogens is 1. The van der Waals surface area contributed by atoms with Crippen LogP contribution in [0.5, 0.6) is 0 Å². The SMILES string of the molecule is Clc1ccc([C@@H]2C[C@@H]3CC[C@@H]2N3)cn1. The fraction of sp³-hybridized carbons (Fsp3) is 0.545. The molecule has 3 rings (SSSR count). The molecule has 0 saturated carbocycles. The molecule has 2 fully saturated rings. The fourth-order valence-electron chi connectivity index (χ4n) is 2.80. The van der Waals surface area contributed by atoms with Crippen LogP contribution in [-0.2, 0) is 0 Å². The van der Waals surface area contributed by atoms with Crippen LogP contribution in [-0.4, -0.2) is 17.1 Å². The third kappa shape index (κ3) is 1.33. The van der Waals surface area contributed by atoms with Gasteiger partial charge in [0.1, 0.15) is 5.15 Å². The summed E-state index contributed by atoms with van der Waals surface area (Å²) in [6, 6.07) is 5.44.